The average molecular weight is 130 g/mol. The third-order valence-corrected chi connectivity index (χ3v) is 0.811. The van der Waals surface area contributed by atoms with Gasteiger partial charge < -0.3 is 10.5 Å². The van der Waals surface area contributed by atoms with Gasteiger partial charge in [-0.15, -0.1) is 0 Å². The van der Waals surface area contributed by atoms with Crippen molar-refractivity contribution in [3.63, 3.8) is 0 Å². The normalized spacial score (nSPS) is 11.8. The Bertz CT molecular complexity index is 120. The topological polar surface area (TPSA) is 61.7 Å². The number of nitrogens with zero attached hydrogens (tertiary/aromatic N) is 1. The van der Waals surface area contributed by atoms with E-state index in [1.165, 1.54) is 6.21 Å². The summed E-state index contributed by atoms with van der Waals surface area (Å²) < 4.78 is 0. The molecule has 4 nitrogen and oxygen atoms in total. The molecule has 0 bridgehead atoms. The molecule has 4 heteroatoms. The molecule has 9 heavy (non-hydrogen) atoms. The van der Waals surface area contributed by atoms with Gasteiger partial charge in [0.05, 0.1) is 11.8 Å². The first-order chi connectivity index (χ1) is 4.12. The van der Waals surface area contributed by atoms with E-state index < -0.39 is 5.54 Å². The van der Waals surface area contributed by atoms with Crippen LogP contribution in [0, 0.1) is 0 Å². The molecule has 0 saturated heterocycles. The van der Waals surface area contributed by atoms with Gasteiger partial charge in [-0.1, -0.05) is 5.16 Å². The Morgan fingerprint density at radius 3 is 2.56 bits per heavy atom. The van der Waals surface area contributed by atoms with E-state index in [1.54, 1.807) is 13.8 Å². The molecule has 0 fully saturated rings. The summed E-state index contributed by atoms with van der Waals surface area (Å²) in [7, 11) is 0. The monoisotopic (exact) mass is 130 g/mol. The number of oxime groups is 1. The fourth-order valence-corrected chi connectivity index (χ4v) is 0.333. The summed E-state index contributed by atoms with van der Waals surface area (Å²) in [5.41, 5.74) is -0.559. The standard InChI is InChI=1S/C5H10N2O2/c1-5(2,3-7-9)6-4-8/h3-4,9H,1-2H3,(H,6,8). The first-order valence-corrected chi connectivity index (χ1v) is 2.52. The molecule has 2 N–H and O–H groups in total. The lowest BCUT2D eigenvalue weighted by Gasteiger charge is -2.15. The molecule has 0 heterocycles. The minimum atomic E-state index is -0.559. The predicted molar refractivity (Wildman–Crippen MR) is 33.6 cm³/mol. The molecular formula is C5H10N2O2. The van der Waals surface area contributed by atoms with Gasteiger partial charge in [0.2, 0.25) is 6.41 Å². The Morgan fingerprint density at radius 1 is 1.67 bits per heavy atom. The molecule has 0 aliphatic carbocycles. The van der Waals surface area contributed by atoms with Gasteiger partial charge in [-0.3, -0.25) is 4.79 Å². The maximum atomic E-state index is 9.84. The fraction of sp³-hybridized carbons (Fsp3) is 0.600. The third kappa shape index (κ3) is 3.52. The molecule has 0 atom stereocenters. The molecule has 0 aromatic carbocycles. The Morgan fingerprint density at radius 2 is 2.22 bits per heavy atom. The number of carbonyl (C=O) groups excluding carboxylic acids is 1. The molecule has 0 unspecified atom stereocenters. The molecule has 0 rings (SSSR count). The van der Waals surface area contributed by atoms with Crippen molar-refractivity contribution in [3.05, 3.63) is 0 Å². The highest BCUT2D eigenvalue weighted by molar-refractivity contribution is 5.72. The summed E-state index contributed by atoms with van der Waals surface area (Å²) in [6.45, 7) is 3.42. The second-order valence-electron chi connectivity index (χ2n) is 2.23. The SMILES string of the molecule is CC(C)(C=NO)NC=O. The minimum Gasteiger partial charge on any atom is -0.411 e. The van der Waals surface area contributed by atoms with E-state index in [1.807, 2.05) is 0 Å². The quantitative estimate of drug-likeness (QED) is 0.244. The van der Waals surface area contributed by atoms with Gasteiger partial charge in [-0.25, -0.2) is 0 Å². The van der Waals surface area contributed by atoms with Crippen LogP contribution in [0.5, 0.6) is 0 Å². The number of hydrogen-bond donors (Lipinski definition) is 2. The molecule has 0 saturated carbocycles. The summed E-state index contributed by atoms with van der Waals surface area (Å²) in [4.78, 5) is 9.84. The Labute approximate surface area is 53.6 Å². The molecule has 0 radical (unpaired) electrons. The molecule has 0 aromatic heterocycles. The Kier molecular flexibility index (Phi) is 2.70. The average Bonchev–Trinajstić information content (AvgIpc) is 1.64. The summed E-state index contributed by atoms with van der Waals surface area (Å²) in [5.74, 6) is 0. The third-order valence-electron chi connectivity index (χ3n) is 0.811. The van der Waals surface area contributed by atoms with E-state index in [9.17, 15) is 4.79 Å². The largest absolute Gasteiger partial charge is 0.411 e. The van der Waals surface area contributed by atoms with Crippen molar-refractivity contribution in [2.24, 2.45) is 5.16 Å². The molecule has 0 aliphatic heterocycles. The van der Waals surface area contributed by atoms with E-state index in [0.29, 0.717) is 6.41 Å². The van der Waals surface area contributed by atoms with Crippen LogP contribution in [-0.4, -0.2) is 23.4 Å². The minimum absolute atomic E-state index is 0.557. The van der Waals surface area contributed by atoms with Gasteiger partial charge in [0.1, 0.15) is 0 Å². The zero-order valence-corrected chi connectivity index (χ0v) is 5.46. The smallest absolute Gasteiger partial charge is 0.207 e. The lowest BCUT2D eigenvalue weighted by Crippen LogP contribution is -2.39. The van der Waals surface area contributed by atoms with E-state index in [2.05, 4.69) is 10.5 Å². The second kappa shape index (κ2) is 3.06. The first kappa shape index (κ1) is 7.94. The maximum absolute atomic E-state index is 9.84. The van der Waals surface area contributed by atoms with E-state index in [0.717, 1.165) is 0 Å². The van der Waals surface area contributed by atoms with Gasteiger partial charge in [-0.05, 0) is 13.8 Å². The van der Waals surface area contributed by atoms with Crippen LogP contribution < -0.4 is 5.32 Å². The molecule has 0 aromatic rings. The summed E-state index contributed by atoms with van der Waals surface area (Å²) in [6.07, 6.45) is 1.79. The van der Waals surface area contributed by atoms with Crippen molar-refractivity contribution in [3.8, 4) is 0 Å². The summed E-state index contributed by atoms with van der Waals surface area (Å²) in [5, 5.41) is 13.3. The van der Waals surface area contributed by atoms with Crippen LogP contribution in [0.1, 0.15) is 13.8 Å². The van der Waals surface area contributed by atoms with E-state index >= 15 is 0 Å². The van der Waals surface area contributed by atoms with Crippen LogP contribution in [0.15, 0.2) is 5.16 Å². The highest BCUT2D eigenvalue weighted by Gasteiger charge is 2.11. The number of hydrogen-bond acceptors (Lipinski definition) is 3. The van der Waals surface area contributed by atoms with Crippen LogP contribution in [0.25, 0.3) is 0 Å². The highest BCUT2D eigenvalue weighted by atomic mass is 16.4. The van der Waals surface area contributed by atoms with Crippen molar-refractivity contribution in [1.29, 1.82) is 0 Å². The van der Waals surface area contributed by atoms with Gasteiger partial charge in [0.25, 0.3) is 0 Å². The lowest BCUT2D eigenvalue weighted by molar-refractivity contribution is -0.110. The van der Waals surface area contributed by atoms with Crippen LogP contribution in [-0.2, 0) is 4.79 Å². The van der Waals surface area contributed by atoms with Crippen LogP contribution in [0.2, 0.25) is 0 Å². The van der Waals surface area contributed by atoms with Gasteiger partial charge in [0.15, 0.2) is 0 Å². The van der Waals surface area contributed by atoms with Crippen LogP contribution in [0.4, 0.5) is 0 Å². The zero-order valence-electron chi connectivity index (χ0n) is 5.46. The Balaban J connectivity index is 3.84. The van der Waals surface area contributed by atoms with Crippen molar-refractivity contribution in [2.75, 3.05) is 0 Å². The molecule has 0 spiro atoms. The highest BCUT2D eigenvalue weighted by Crippen LogP contribution is 1.93. The van der Waals surface area contributed by atoms with Crippen molar-refractivity contribution < 1.29 is 10.0 Å². The van der Waals surface area contributed by atoms with Gasteiger partial charge in [-0.2, -0.15) is 0 Å². The van der Waals surface area contributed by atoms with Gasteiger partial charge in [0, 0.05) is 0 Å². The zero-order chi connectivity index (χ0) is 7.33. The maximum Gasteiger partial charge on any atom is 0.207 e. The molecular weight excluding hydrogens is 120 g/mol. The second-order valence-corrected chi connectivity index (χ2v) is 2.23. The number of amides is 1. The Hall–Kier alpha value is -1.06. The van der Waals surface area contributed by atoms with Crippen molar-refractivity contribution in [1.82, 2.24) is 5.32 Å². The fourth-order valence-electron chi connectivity index (χ4n) is 0.333. The number of carbonyl (C=O) groups is 1. The molecule has 52 valence electrons. The van der Waals surface area contributed by atoms with Crippen LogP contribution >= 0.6 is 0 Å². The van der Waals surface area contributed by atoms with Crippen molar-refractivity contribution in [2.45, 2.75) is 19.4 Å². The first-order valence-electron chi connectivity index (χ1n) is 2.52. The summed E-state index contributed by atoms with van der Waals surface area (Å²) in [6, 6.07) is 0. The number of nitrogens with one attached hydrogen (secondary N) is 1. The van der Waals surface area contributed by atoms with E-state index in [4.69, 9.17) is 5.21 Å². The molecule has 0 aliphatic rings. The van der Waals surface area contributed by atoms with Gasteiger partial charge >= 0.3 is 0 Å². The predicted octanol–water partition coefficient (Wildman–Crippen LogP) is -0.0290. The van der Waals surface area contributed by atoms with Crippen molar-refractivity contribution >= 4 is 12.6 Å². The summed E-state index contributed by atoms with van der Waals surface area (Å²) >= 11 is 0. The number of rotatable bonds is 3. The van der Waals surface area contributed by atoms with E-state index in [-0.39, 0.29) is 0 Å². The molecule has 1 amide bonds. The van der Waals surface area contributed by atoms with Crippen LogP contribution in [0.3, 0.4) is 0 Å². The lowest BCUT2D eigenvalue weighted by atomic mass is 10.1.